The number of aliphatic hydroxyl groups excluding tert-OH is 1. The molecule has 2 N–H and O–H groups in total. The first-order chi connectivity index (χ1) is 8.39. The molecule has 110 valence electrons. The Morgan fingerprint density at radius 1 is 1.11 bits per heavy atom. The van der Waals surface area contributed by atoms with Crippen LogP contribution in [-0.2, 0) is 9.47 Å². The lowest BCUT2D eigenvalue weighted by Gasteiger charge is -2.30. The molecule has 0 aromatic heterocycles. The van der Waals surface area contributed by atoms with E-state index in [9.17, 15) is 5.11 Å². The minimum atomic E-state index is -0.148. The molecule has 0 aromatic carbocycles. The van der Waals surface area contributed by atoms with Gasteiger partial charge in [-0.1, -0.05) is 6.92 Å². The maximum Gasteiger partial charge on any atom is 0.0707 e. The first-order valence-electron chi connectivity index (χ1n) is 6.90. The van der Waals surface area contributed by atoms with E-state index in [1.807, 2.05) is 27.8 Å². The summed E-state index contributed by atoms with van der Waals surface area (Å²) in [5, 5.41) is 12.6. The Bertz CT molecular complexity index is 189. The van der Waals surface area contributed by atoms with Gasteiger partial charge in [-0.2, -0.15) is 0 Å². The predicted molar refractivity (Wildman–Crippen MR) is 74.9 cm³/mol. The van der Waals surface area contributed by atoms with E-state index in [1.54, 1.807) is 0 Å². The molecule has 0 rings (SSSR count). The molecule has 0 radical (unpaired) electrons. The Labute approximate surface area is 112 Å². The summed E-state index contributed by atoms with van der Waals surface area (Å²) in [5.41, 5.74) is -0.241. The van der Waals surface area contributed by atoms with Crippen molar-refractivity contribution in [2.45, 2.75) is 58.1 Å². The van der Waals surface area contributed by atoms with E-state index in [0.717, 1.165) is 25.9 Å². The average molecular weight is 261 g/mol. The smallest absolute Gasteiger partial charge is 0.0707 e. The fraction of sp³-hybridized carbons (Fsp3) is 1.00. The maximum absolute atomic E-state index is 9.38. The van der Waals surface area contributed by atoms with Crippen LogP contribution in [0.1, 0.15) is 47.0 Å². The standard InChI is InChI=1S/C14H31NO3/c1-6-14(12-16,15-5)8-7-9-17-10-11-18-13(2,3)4/h15-16H,6-12H2,1-5H3. The third-order valence-corrected chi connectivity index (χ3v) is 3.22. The molecule has 0 aliphatic rings. The Morgan fingerprint density at radius 2 is 1.78 bits per heavy atom. The summed E-state index contributed by atoms with van der Waals surface area (Å²) in [6.45, 7) is 10.4. The zero-order valence-corrected chi connectivity index (χ0v) is 12.7. The van der Waals surface area contributed by atoms with Gasteiger partial charge in [-0.25, -0.2) is 0 Å². The van der Waals surface area contributed by atoms with E-state index in [1.165, 1.54) is 0 Å². The predicted octanol–water partition coefficient (Wildman–Crippen LogP) is 1.96. The van der Waals surface area contributed by atoms with Gasteiger partial charge in [0.25, 0.3) is 0 Å². The van der Waals surface area contributed by atoms with Crippen molar-refractivity contribution in [2.24, 2.45) is 0 Å². The molecular formula is C14H31NO3. The quantitative estimate of drug-likeness (QED) is 0.590. The molecule has 0 saturated heterocycles. The second-order valence-corrected chi connectivity index (χ2v) is 5.72. The third-order valence-electron chi connectivity index (χ3n) is 3.22. The minimum absolute atomic E-state index is 0.0935. The molecule has 0 saturated carbocycles. The largest absolute Gasteiger partial charge is 0.394 e. The summed E-state index contributed by atoms with van der Waals surface area (Å²) < 4.78 is 11.1. The van der Waals surface area contributed by atoms with E-state index >= 15 is 0 Å². The highest BCUT2D eigenvalue weighted by Gasteiger charge is 2.24. The van der Waals surface area contributed by atoms with Gasteiger partial charge in [-0.05, 0) is 47.1 Å². The number of rotatable bonds is 10. The molecule has 0 bridgehead atoms. The Hall–Kier alpha value is -0.160. The molecule has 1 unspecified atom stereocenters. The van der Waals surface area contributed by atoms with Crippen molar-refractivity contribution >= 4 is 0 Å². The van der Waals surface area contributed by atoms with Crippen molar-refractivity contribution in [2.75, 3.05) is 33.5 Å². The van der Waals surface area contributed by atoms with Crippen LogP contribution in [-0.4, -0.2) is 49.7 Å². The van der Waals surface area contributed by atoms with Crippen LogP contribution in [0.25, 0.3) is 0 Å². The monoisotopic (exact) mass is 261 g/mol. The zero-order valence-electron chi connectivity index (χ0n) is 12.7. The van der Waals surface area contributed by atoms with E-state index in [0.29, 0.717) is 13.2 Å². The number of ether oxygens (including phenoxy) is 2. The number of hydrogen-bond donors (Lipinski definition) is 2. The van der Waals surface area contributed by atoms with Crippen molar-refractivity contribution in [1.29, 1.82) is 0 Å². The minimum Gasteiger partial charge on any atom is -0.394 e. The Morgan fingerprint density at radius 3 is 2.22 bits per heavy atom. The molecule has 18 heavy (non-hydrogen) atoms. The van der Waals surface area contributed by atoms with E-state index in [-0.39, 0.29) is 17.7 Å². The molecule has 0 fully saturated rings. The maximum atomic E-state index is 9.38. The van der Waals surface area contributed by atoms with Crippen LogP contribution in [0.5, 0.6) is 0 Å². The van der Waals surface area contributed by atoms with E-state index in [2.05, 4.69) is 12.2 Å². The van der Waals surface area contributed by atoms with Crippen LogP contribution in [0.4, 0.5) is 0 Å². The SMILES string of the molecule is CCC(CO)(CCCOCCOC(C)(C)C)NC. The van der Waals surface area contributed by atoms with Crippen molar-refractivity contribution in [3.05, 3.63) is 0 Å². The molecule has 4 nitrogen and oxygen atoms in total. The molecule has 0 heterocycles. The van der Waals surface area contributed by atoms with Gasteiger partial charge >= 0.3 is 0 Å². The summed E-state index contributed by atoms with van der Waals surface area (Å²) in [6, 6.07) is 0. The summed E-state index contributed by atoms with van der Waals surface area (Å²) in [7, 11) is 1.90. The molecular weight excluding hydrogens is 230 g/mol. The highest BCUT2D eigenvalue weighted by atomic mass is 16.5. The van der Waals surface area contributed by atoms with Gasteiger partial charge in [0.15, 0.2) is 0 Å². The summed E-state index contributed by atoms with van der Waals surface area (Å²) >= 11 is 0. The van der Waals surface area contributed by atoms with Crippen molar-refractivity contribution in [3.63, 3.8) is 0 Å². The van der Waals surface area contributed by atoms with Crippen LogP contribution in [0.3, 0.4) is 0 Å². The Balaban J connectivity index is 3.56. The first kappa shape index (κ1) is 17.8. The van der Waals surface area contributed by atoms with Crippen molar-refractivity contribution in [1.82, 2.24) is 5.32 Å². The van der Waals surface area contributed by atoms with Gasteiger partial charge in [-0.3, -0.25) is 0 Å². The van der Waals surface area contributed by atoms with E-state index in [4.69, 9.17) is 9.47 Å². The van der Waals surface area contributed by atoms with Gasteiger partial charge in [0.2, 0.25) is 0 Å². The molecule has 0 spiro atoms. The van der Waals surface area contributed by atoms with Crippen molar-refractivity contribution < 1.29 is 14.6 Å². The fourth-order valence-corrected chi connectivity index (χ4v) is 1.77. The first-order valence-corrected chi connectivity index (χ1v) is 6.90. The summed E-state index contributed by atoms with van der Waals surface area (Å²) in [4.78, 5) is 0. The van der Waals surface area contributed by atoms with Gasteiger partial charge in [-0.15, -0.1) is 0 Å². The van der Waals surface area contributed by atoms with Crippen LogP contribution >= 0.6 is 0 Å². The number of nitrogens with one attached hydrogen (secondary N) is 1. The lowest BCUT2D eigenvalue weighted by Crippen LogP contribution is -2.46. The van der Waals surface area contributed by atoms with Crippen LogP contribution in [0.15, 0.2) is 0 Å². The topological polar surface area (TPSA) is 50.7 Å². The number of hydrogen-bond acceptors (Lipinski definition) is 4. The zero-order chi connectivity index (χ0) is 14.1. The summed E-state index contributed by atoms with van der Waals surface area (Å²) in [5.74, 6) is 0. The molecule has 0 aliphatic heterocycles. The molecule has 0 aliphatic carbocycles. The van der Waals surface area contributed by atoms with Crippen molar-refractivity contribution in [3.8, 4) is 0 Å². The lowest BCUT2D eigenvalue weighted by atomic mass is 9.92. The third kappa shape index (κ3) is 8.03. The highest BCUT2D eigenvalue weighted by Crippen LogP contribution is 2.16. The molecule has 0 amide bonds. The summed E-state index contributed by atoms with van der Waals surface area (Å²) in [6.07, 6.45) is 2.80. The second-order valence-electron chi connectivity index (χ2n) is 5.72. The highest BCUT2D eigenvalue weighted by molar-refractivity contribution is 4.84. The average Bonchev–Trinajstić information content (AvgIpc) is 2.32. The van der Waals surface area contributed by atoms with Crippen LogP contribution in [0.2, 0.25) is 0 Å². The van der Waals surface area contributed by atoms with Crippen LogP contribution in [0, 0.1) is 0 Å². The Kier molecular flexibility index (Phi) is 8.78. The van der Waals surface area contributed by atoms with E-state index < -0.39 is 0 Å². The van der Waals surface area contributed by atoms with Gasteiger partial charge in [0.1, 0.15) is 0 Å². The number of aliphatic hydroxyl groups is 1. The number of likely N-dealkylation sites (N-methyl/N-ethyl adjacent to an activating group) is 1. The molecule has 0 aromatic rings. The van der Waals surface area contributed by atoms with Gasteiger partial charge in [0.05, 0.1) is 25.4 Å². The fourth-order valence-electron chi connectivity index (χ4n) is 1.77. The van der Waals surface area contributed by atoms with Gasteiger partial charge < -0.3 is 19.9 Å². The molecule has 1 atom stereocenters. The van der Waals surface area contributed by atoms with Crippen LogP contribution < -0.4 is 5.32 Å². The molecule has 4 heteroatoms. The van der Waals surface area contributed by atoms with Gasteiger partial charge in [0, 0.05) is 12.1 Å². The second kappa shape index (κ2) is 8.86. The normalized spacial score (nSPS) is 15.7. The lowest BCUT2D eigenvalue weighted by molar-refractivity contribution is -0.0358.